The summed E-state index contributed by atoms with van der Waals surface area (Å²) in [7, 11) is 0. The summed E-state index contributed by atoms with van der Waals surface area (Å²) >= 11 is 0. The van der Waals surface area contributed by atoms with Gasteiger partial charge >= 0.3 is 0 Å². The maximum Gasteiger partial charge on any atom is 0.202 e. The largest absolute Gasteiger partial charge is 0.494 e. The molecule has 3 aliphatic carbocycles. The maximum atomic E-state index is 12.1. The van der Waals surface area contributed by atoms with E-state index in [1.165, 1.54) is 10.1 Å². The molecule has 1 aromatic carbocycles. The van der Waals surface area contributed by atoms with E-state index in [9.17, 15) is 15.0 Å². The first kappa shape index (κ1) is 14.4. The zero-order valence-corrected chi connectivity index (χ0v) is 13.2. The molecule has 0 amide bonds. The van der Waals surface area contributed by atoms with Crippen LogP contribution in [0, 0.1) is 0 Å². The first-order chi connectivity index (χ1) is 11.1. The maximum absolute atomic E-state index is 12.1. The van der Waals surface area contributed by atoms with Crippen molar-refractivity contribution in [3.05, 3.63) is 41.0 Å². The predicted molar refractivity (Wildman–Crippen MR) is 87.4 cm³/mol. The number of nitrogens with zero attached hydrogens (tertiary/aromatic N) is 1. The molecule has 0 saturated heterocycles. The van der Waals surface area contributed by atoms with Crippen LogP contribution in [0.1, 0.15) is 61.1 Å². The van der Waals surface area contributed by atoms with Crippen LogP contribution in [0.4, 0.5) is 0 Å². The van der Waals surface area contributed by atoms with E-state index in [-0.39, 0.29) is 29.4 Å². The second-order valence-corrected chi connectivity index (χ2v) is 6.72. The molecular formula is C19H21NO3. The van der Waals surface area contributed by atoms with E-state index in [2.05, 4.69) is 6.92 Å². The molecule has 2 aromatic rings. The van der Waals surface area contributed by atoms with Gasteiger partial charge in [-0.1, -0.05) is 25.5 Å². The normalized spacial score (nSPS) is 22.4. The molecule has 2 atom stereocenters. The highest BCUT2D eigenvalue weighted by Gasteiger charge is 2.45. The number of hydrogen-bond acceptors (Lipinski definition) is 3. The summed E-state index contributed by atoms with van der Waals surface area (Å²) < 4.78 is 1.49. The molecule has 1 saturated carbocycles. The molecule has 5 rings (SSSR count). The Labute approximate surface area is 135 Å². The molecule has 120 valence electrons. The molecule has 0 aliphatic heterocycles. The summed E-state index contributed by atoms with van der Waals surface area (Å²) in [5, 5.41) is 21.4. The molecule has 1 aromatic heterocycles. The standard InChI is InChI=1S/C19H21NO3/c1-2-3-11-4-7-13(8-5-11)20-18(22)16-12-6-9-14(15(21)10-12)17(16)19(20)23/h4-5,7-8,12,14,22-23H,2-3,6,9-10H2,1H3/t12-,14+/m0/s1. The Morgan fingerprint density at radius 3 is 2.43 bits per heavy atom. The van der Waals surface area contributed by atoms with Gasteiger partial charge in [0.15, 0.2) is 0 Å². The average molecular weight is 311 g/mol. The summed E-state index contributed by atoms with van der Waals surface area (Å²) in [5.41, 5.74) is 3.42. The minimum absolute atomic E-state index is 0.0310. The van der Waals surface area contributed by atoms with Crippen molar-refractivity contribution in [3.63, 3.8) is 0 Å². The highest BCUT2D eigenvalue weighted by atomic mass is 16.3. The monoisotopic (exact) mass is 311 g/mol. The number of carbonyl (C=O) groups excluding carboxylic acids is 1. The Balaban J connectivity index is 1.83. The van der Waals surface area contributed by atoms with Crippen LogP contribution in [0.2, 0.25) is 0 Å². The van der Waals surface area contributed by atoms with E-state index in [1.54, 1.807) is 0 Å². The molecule has 0 radical (unpaired) electrons. The lowest BCUT2D eigenvalue weighted by atomic mass is 9.67. The van der Waals surface area contributed by atoms with Crippen molar-refractivity contribution < 1.29 is 15.0 Å². The smallest absolute Gasteiger partial charge is 0.202 e. The number of benzene rings is 1. The number of fused-ring (bicyclic) bond motifs is 2. The fraction of sp³-hybridized carbons (Fsp3) is 0.421. The lowest BCUT2D eigenvalue weighted by Gasteiger charge is -2.34. The zero-order chi connectivity index (χ0) is 16.1. The Morgan fingerprint density at radius 2 is 1.78 bits per heavy atom. The third-order valence-corrected chi connectivity index (χ3v) is 5.33. The molecule has 0 unspecified atom stereocenters. The van der Waals surface area contributed by atoms with Gasteiger partial charge in [-0.05, 0) is 42.9 Å². The molecule has 2 bridgehead atoms. The SMILES string of the molecule is CCCc1ccc(-n2c(O)c3c(c2O)[C@@H]2CC[C@H]3CC2=O)cc1. The third kappa shape index (κ3) is 2.01. The molecule has 4 nitrogen and oxygen atoms in total. The van der Waals surface area contributed by atoms with Gasteiger partial charge in [-0.2, -0.15) is 0 Å². The van der Waals surface area contributed by atoms with E-state index in [0.29, 0.717) is 12.0 Å². The van der Waals surface area contributed by atoms with Crippen molar-refractivity contribution in [2.45, 2.75) is 50.9 Å². The van der Waals surface area contributed by atoms with Crippen molar-refractivity contribution in [2.24, 2.45) is 0 Å². The topological polar surface area (TPSA) is 62.5 Å². The van der Waals surface area contributed by atoms with Crippen LogP contribution in [0.5, 0.6) is 11.8 Å². The van der Waals surface area contributed by atoms with Gasteiger partial charge in [0.2, 0.25) is 11.8 Å². The van der Waals surface area contributed by atoms with E-state index in [4.69, 9.17) is 0 Å². The fourth-order valence-electron chi connectivity index (χ4n) is 4.24. The van der Waals surface area contributed by atoms with Gasteiger partial charge in [0.1, 0.15) is 5.78 Å². The van der Waals surface area contributed by atoms with Gasteiger partial charge in [-0.3, -0.25) is 9.36 Å². The van der Waals surface area contributed by atoms with Crippen LogP contribution in [0.25, 0.3) is 5.69 Å². The van der Waals surface area contributed by atoms with E-state index in [0.717, 1.165) is 36.9 Å². The molecular weight excluding hydrogens is 290 g/mol. The number of aromatic nitrogens is 1. The highest BCUT2D eigenvalue weighted by molar-refractivity contribution is 5.91. The summed E-state index contributed by atoms with van der Waals surface area (Å²) in [6, 6.07) is 7.88. The number of aromatic hydroxyl groups is 2. The van der Waals surface area contributed by atoms with Crippen LogP contribution in [0.15, 0.2) is 24.3 Å². The quantitative estimate of drug-likeness (QED) is 0.907. The minimum Gasteiger partial charge on any atom is -0.494 e. The lowest BCUT2D eigenvalue weighted by Crippen LogP contribution is -2.28. The van der Waals surface area contributed by atoms with Gasteiger partial charge < -0.3 is 10.2 Å². The van der Waals surface area contributed by atoms with Crippen LogP contribution < -0.4 is 0 Å². The van der Waals surface area contributed by atoms with Gasteiger partial charge in [0, 0.05) is 23.5 Å². The summed E-state index contributed by atoms with van der Waals surface area (Å²) in [4.78, 5) is 12.1. The van der Waals surface area contributed by atoms with E-state index >= 15 is 0 Å². The summed E-state index contributed by atoms with van der Waals surface area (Å²) in [6.45, 7) is 2.14. The second-order valence-electron chi connectivity index (χ2n) is 6.72. The number of rotatable bonds is 3. The highest BCUT2D eigenvalue weighted by Crippen LogP contribution is 2.55. The summed E-state index contributed by atoms with van der Waals surface area (Å²) in [6.07, 6.45) is 4.28. The van der Waals surface area contributed by atoms with Crippen molar-refractivity contribution in [1.29, 1.82) is 0 Å². The Hall–Kier alpha value is -2.23. The van der Waals surface area contributed by atoms with Gasteiger partial charge in [-0.25, -0.2) is 0 Å². The second kappa shape index (κ2) is 5.15. The van der Waals surface area contributed by atoms with Crippen LogP contribution in [-0.4, -0.2) is 20.6 Å². The number of Topliss-reactive ketones (excluding diaryl/α,β-unsaturated/α-hetero) is 1. The van der Waals surface area contributed by atoms with E-state index in [1.807, 2.05) is 24.3 Å². The number of aryl methyl sites for hydroxylation is 1. The lowest BCUT2D eigenvalue weighted by molar-refractivity contribution is -0.123. The number of ketones is 1. The van der Waals surface area contributed by atoms with Gasteiger partial charge in [-0.15, -0.1) is 0 Å². The molecule has 2 N–H and O–H groups in total. The van der Waals surface area contributed by atoms with Crippen molar-refractivity contribution in [3.8, 4) is 17.4 Å². The van der Waals surface area contributed by atoms with Crippen LogP contribution >= 0.6 is 0 Å². The number of carbonyl (C=O) groups is 1. The molecule has 23 heavy (non-hydrogen) atoms. The predicted octanol–water partition coefficient (Wildman–Crippen LogP) is 3.77. The Morgan fingerprint density at radius 1 is 1.09 bits per heavy atom. The fourth-order valence-corrected chi connectivity index (χ4v) is 4.24. The van der Waals surface area contributed by atoms with Crippen LogP contribution in [-0.2, 0) is 11.2 Å². The zero-order valence-electron chi connectivity index (χ0n) is 13.2. The molecule has 4 heteroatoms. The molecule has 1 heterocycles. The van der Waals surface area contributed by atoms with Gasteiger partial charge in [0.05, 0.1) is 5.69 Å². The first-order valence-corrected chi connectivity index (χ1v) is 8.40. The first-order valence-electron chi connectivity index (χ1n) is 8.40. The summed E-state index contributed by atoms with van der Waals surface area (Å²) in [5.74, 6) is 0.126. The van der Waals surface area contributed by atoms with Crippen LogP contribution in [0.3, 0.4) is 0 Å². The van der Waals surface area contributed by atoms with Gasteiger partial charge in [0.25, 0.3) is 0 Å². The Bertz CT molecular complexity index is 773. The average Bonchev–Trinajstić information content (AvgIpc) is 2.82. The van der Waals surface area contributed by atoms with Crippen molar-refractivity contribution in [1.82, 2.24) is 4.57 Å². The minimum atomic E-state index is -0.249. The Kier molecular flexibility index (Phi) is 3.22. The molecule has 1 fully saturated rings. The van der Waals surface area contributed by atoms with Crippen molar-refractivity contribution >= 4 is 5.78 Å². The number of hydrogen-bond donors (Lipinski definition) is 2. The van der Waals surface area contributed by atoms with Crippen molar-refractivity contribution in [2.75, 3.05) is 0 Å². The molecule has 3 aliphatic rings. The third-order valence-electron chi connectivity index (χ3n) is 5.33. The molecule has 0 spiro atoms. The van der Waals surface area contributed by atoms with E-state index < -0.39 is 0 Å².